The smallest absolute Gasteiger partial charge is 0.237 e. The Kier molecular flexibility index (Phi) is 5.36. The lowest BCUT2D eigenvalue weighted by molar-refractivity contribution is -0.122. The van der Waals surface area contributed by atoms with E-state index in [1.807, 2.05) is 6.07 Å². The highest BCUT2D eigenvalue weighted by atomic mass is 32.1. The summed E-state index contributed by atoms with van der Waals surface area (Å²) in [5.41, 5.74) is 6.84. The minimum atomic E-state index is -0.583. The first kappa shape index (κ1) is 15.5. The van der Waals surface area contributed by atoms with E-state index in [1.165, 1.54) is 4.88 Å². The minimum Gasteiger partial charge on any atom is -0.508 e. The van der Waals surface area contributed by atoms with Gasteiger partial charge in [0.25, 0.3) is 0 Å². The summed E-state index contributed by atoms with van der Waals surface area (Å²) in [5, 5.41) is 12.1. The molecule has 0 radical (unpaired) electrons. The van der Waals surface area contributed by atoms with E-state index in [4.69, 9.17) is 5.73 Å². The van der Waals surface area contributed by atoms with Crippen LogP contribution in [0.4, 0.5) is 0 Å². The Morgan fingerprint density at radius 2 is 1.90 bits per heavy atom. The van der Waals surface area contributed by atoms with Gasteiger partial charge >= 0.3 is 0 Å². The molecule has 0 spiro atoms. The number of aryl methyl sites for hydroxylation is 1. The molecule has 1 aromatic heterocycles. The molecular formula is C16H20N2O2S. The second kappa shape index (κ2) is 7.24. The molecule has 0 unspecified atom stereocenters. The van der Waals surface area contributed by atoms with Crippen LogP contribution in [0.25, 0.3) is 0 Å². The summed E-state index contributed by atoms with van der Waals surface area (Å²) < 4.78 is 0. The fraction of sp³-hybridized carbons (Fsp3) is 0.312. The number of benzene rings is 1. The molecule has 0 saturated carbocycles. The van der Waals surface area contributed by atoms with Gasteiger partial charge in [-0.3, -0.25) is 4.79 Å². The standard InChI is InChI=1S/C16H20N2O2S/c1-2-13-7-8-14(21-13)10-18-16(20)15(17)9-11-3-5-12(19)6-4-11/h3-8,15,19H,2,9-10,17H2,1H3,(H,18,20)/t15-/m1/s1. The van der Waals surface area contributed by atoms with Gasteiger partial charge in [0.1, 0.15) is 5.75 Å². The lowest BCUT2D eigenvalue weighted by Crippen LogP contribution is -2.41. The first-order valence-corrected chi connectivity index (χ1v) is 7.79. The van der Waals surface area contributed by atoms with Crippen molar-refractivity contribution in [2.24, 2.45) is 5.73 Å². The zero-order valence-corrected chi connectivity index (χ0v) is 12.8. The Labute approximate surface area is 128 Å². The van der Waals surface area contributed by atoms with E-state index in [2.05, 4.69) is 18.3 Å². The average molecular weight is 304 g/mol. The Bertz CT molecular complexity index is 593. The second-order valence-electron chi connectivity index (χ2n) is 4.92. The zero-order chi connectivity index (χ0) is 15.2. The third-order valence-corrected chi connectivity index (χ3v) is 4.46. The lowest BCUT2D eigenvalue weighted by atomic mass is 10.1. The number of hydrogen-bond donors (Lipinski definition) is 3. The average Bonchev–Trinajstić information content (AvgIpc) is 2.95. The van der Waals surface area contributed by atoms with Crippen molar-refractivity contribution in [2.75, 3.05) is 0 Å². The number of rotatable bonds is 6. The van der Waals surface area contributed by atoms with Gasteiger partial charge in [-0.1, -0.05) is 19.1 Å². The Hall–Kier alpha value is -1.85. The number of carbonyl (C=O) groups is 1. The molecule has 1 heterocycles. The largest absolute Gasteiger partial charge is 0.508 e. The number of phenolic OH excluding ortho intramolecular Hbond substituents is 1. The van der Waals surface area contributed by atoms with Crippen molar-refractivity contribution in [1.82, 2.24) is 5.32 Å². The summed E-state index contributed by atoms with van der Waals surface area (Å²) >= 11 is 1.71. The van der Waals surface area contributed by atoms with Crippen molar-refractivity contribution in [3.8, 4) is 5.75 Å². The second-order valence-corrected chi connectivity index (χ2v) is 6.17. The Morgan fingerprint density at radius 1 is 1.24 bits per heavy atom. The number of nitrogens with two attached hydrogens (primary N) is 1. The number of thiophene rings is 1. The first-order chi connectivity index (χ1) is 10.1. The normalized spacial score (nSPS) is 12.1. The highest BCUT2D eigenvalue weighted by Crippen LogP contribution is 2.16. The van der Waals surface area contributed by atoms with Crippen molar-refractivity contribution >= 4 is 17.2 Å². The topological polar surface area (TPSA) is 75.4 Å². The molecule has 0 aliphatic heterocycles. The van der Waals surface area contributed by atoms with Crippen molar-refractivity contribution < 1.29 is 9.90 Å². The van der Waals surface area contributed by atoms with Gasteiger partial charge in [-0.25, -0.2) is 0 Å². The van der Waals surface area contributed by atoms with Gasteiger partial charge in [0.05, 0.1) is 12.6 Å². The third kappa shape index (κ3) is 4.58. The van der Waals surface area contributed by atoms with E-state index in [-0.39, 0.29) is 11.7 Å². The van der Waals surface area contributed by atoms with Crippen molar-refractivity contribution in [1.29, 1.82) is 0 Å². The molecule has 0 bridgehead atoms. The van der Waals surface area contributed by atoms with E-state index < -0.39 is 6.04 Å². The molecule has 1 aromatic carbocycles. The summed E-state index contributed by atoms with van der Waals surface area (Å²) in [5.74, 6) is 0.0516. The monoisotopic (exact) mass is 304 g/mol. The summed E-state index contributed by atoms with van der Waals surface area (Å²) in [6.07, 6.45) is 1.47. The van der Waals surface area contributed by atoms with Crippen LogP contribution in [0.15, 0.2) is 36.4 Å². The van der Waals surface area contributed by atoms with Gasteiger partial charge in [-0.15, -0.1) is 11.3 Å². The number of nitrogens with one attached hydrogen (secondary N) is 1. The Balaban J connectivity index is 1.83. The van der Waals surface area contributed by atoms with Gasteiger partial charge in [-0.05, 0) is 42.7 Å². The molecule has 112 valence electrons. The van der Waals surface area contributed by atoms with Crippen molar-refractivity contribution in [3.05, 3.63) is 51.7 Å². The SMILES string of the molecule is CCc1ccc(CNC(=O)[C@H](N)Cc2ccc(O)cc2)s1. The molecule has 4 N–H and O–H groups in total. The Morgan fingerprint density at radius 3 is 2.52 bits per heavy atom. The first-order valence-electron chi connectivity index (χ1n) is 6.97. The van der Waals surface area contributed by atoms with Crippen LogP contribution in [0.5, 0.6) is 5.75 Å². The number of aromatic hydroxyl groups is 1. The van der Waals surface area contributed by atoms with Crippen molar-refractivity contribution in [3.63, 3.8) is 0 Å². The van der Waals surface area contributed by atoms with Gasteiger partial charge in [0.2, 0.25) is 5.91 Å². The quantitative estimate of drug-likeness (QED) is 0.766. The predicted octanol–water partition coefficient (Wildman–Crippen LogP) is 2.20. The van der Waals surface area contributed by atoms with Gasteiger partial charge < -0.3 is 16.2 Å². The molecule has 2 aromatic rings. The van der Waals surface area contributed by atoms with E-state index in [0.29, 0.717) is 13.0 Å². The molecule has 5 heteroatoms. The zero-order valence-electron chi connectivity index (χ0n) is 12.0. The highest BCUT2D eigenvalue weighted by Gasteiger charge is 2.14. The van der Waals surface area contributed by atoms with Crippen LogP contribution in [0.3, 0.4) is 0 Å². The van der Waals surface area contributed by atoms with Gasteiger partial charge in [-0.2, -0.15) is 0 Å². The lowest BCUT2D eigenvalue weighted by Gasteiger charge is -2.12. The van der Waals surface area contributed by atoms with Crippen molar-refractivity contribution in [2.45, 2.75) is 32.4 Å². The molecule has 4 nitrogen and oxygen atoms in total. The van der Waals surface area contributed by atoms with E-state index >= 15 is 0 Å². The predicted molar refractivity (Wildman–Crippen MR) is 85.3 cm³/mol. The summed E-state index contributed by atoms with van der Waals surface area (Å²) in [6.45, 7) is 2.63. The van der Waals surface area contributed by atoms with Crippen LogP contribution in [0.2, 0.25) is 0 Å². The molecule has 0 saturated heterocycles. The van der Waals surface area contributed by atoms with Gasteiger partial charge in [0, 0.05) is 9.75 Å². The maximum Gasteiger partial charge on any atom is 0.237 e. The molecule has 1 amide bonds. The number of carbonyl (C=O) groups excluding carboxylic acids is 1. The molecule has 0 fully saturated rings. The maximum absolute atomic E-state index is 12.0. The van der Waals surface area contributed by atoms with Crippen LogP contribution < -0.4 is 11.1 Å². The molecule has 0 aliphatic carbocycles. The summed E-state index contributed by atoms with van der Waals surface area (Å²) in [6, 6.07) is 10.3. The molecule has 21 heavy (non-hydrogen) atoms. The minimum absolute atomic E-state index is 0.158. The molecular weight excluding hydrogens is 284 g/mol. The highest BCUT2D eigenvalue weighted by molar-refractivity contribution is 7.11. The number of amides is 1. The third-order valence-electron chi connectivity index (χ3n) is 3.23. The fourth-order valence-corrected chi connectivity index (χ4v) is 2.89. The van der Waals surface area contributed by atoms with Gasteiger partial charge in [0.15, 0.2) is 0 Å². The summed E-state index contributed by atoms with van der Waals surface area (Å²) in [4.78, 5) is 14.4. The molecule has 1 atom stereocenters. The number of phenols is 1. The fourth-order valence-electron chi connectivity index (χ4n) is 1.99. The van der Waals surface area contributed by atoms with E-state index in [9.17, 15) is 9.90 Å². The summed E-state index contributed by atoms with van der Waals surface area (Å²) in [7, 11) is 0. The van der Waals surface area contributed by atoms with Crippen LogP contribution in [-0.4, -0.2) is 17.1 Å². The molecule has 2 rings (SSSR count). The molecule has 0 aliphatic rings. The van der Waals surface area contributed by atoms with Crippen LogP contribution >= 0.6 is 11.3 Å². The van der Waals surface area contributed by atoms with Crippen LogP contribution in [0.1, 0.15) is 22.2 Å². The van der Waals surface area contributed by atoms with E-state index in [1.54, 1.807) is 35.6 Å². The number of hydrogen-bond acceptors (Lipinski definition) is 4. The van der Waals surface area contributed by atoms with Crippen LogP contribution in [0, 0.1) is 0 Å². The maximum atomic E-state index is 12.0. The van der Waals surface area contributed by atoms with E-state index in [0.717, 1.165) is 16.9 Å². The van der Waals surface area contributed by atoms with Crippen LogP contribution in [-0.2, 0) is 24.2 Å².